The number of imide groups is 1. The van der Waals surface area contributed by atoms with Gasteiger partial charge in [-0.15, -0.1) is 0 Å². The van der Waals surface area contributed by atoms with Crippen LogP contribution in [-0.4, -0.2) is 17.6 Å². The molecule has 0 aromatic carbocycles. The zero-order chi connectivity index (χ0) is 8.43. The van der Waals surface area contributed by atoms with Crippen molar-refractivity contribution in [3.8, 4) is 0 Å². The summed E-state index contributed by atoms with van der Waals surface area (Å²) in [5.74, 6) is -2.00. The monoisotopic (exact) mass is 154 g/mol. The van der Waals surface area contributed by atoms with Crippen molar-refractivity contribution in [3.05, 3.63) is 0 Å². The fraction of sp³-hybridized carbons (Fsp3) is 0.571. The zero-order valence-electron chi connectivity index (χ0n) is 6.16. The smallest absolute Gasteiger partial charge is 0.259 e. The van der Waals surface area contributed by atoms with Crippen LogP contribution < -0.4 is 5.32 Å². The van der Waals surface area contributed by atoms with Gasteiger partial charge in [-0.25, -0.2) is 0 Å². The van der Waals surface area contributed by atoms with Crippen LogP contribution >= 0.6 is 0 Å². The average molecular weight is 154 g/mol. The molecule has 0 aromatic rings. The second-order valence-electron chi connectivity index (χ2n) is 2.42. The Morgan fingerprint density at radius 3 is 2.64 bits per heavy atom. The summed E-state index contributed by atoms with van der Waals surface area (Å²) in [5, 5.41) is 3.14. The van der Waals surface area contributed by atoms with Gasteiger partial charge in [-0.2, -0.15) is 5.32 Å². The molecule has 1 aliphatic rings. The van der Waals surface area contributed by atoms with Gasteiger partial charge >= 0.3 is 0 Å². The SMILES string of the molecule is CCC(=O)C1CC(=O)[N]C1=O. The molecular formula is C7H8NO3. The standard InChI is InChI=1S/C7H8NO3/c1-2-5(9)4-3-6(10)8-7(4)11/h4H,2-3H2,1H3. The fourth-order valence-electron chi connectivity index (χ4n) is 1.01. The Morgan fingerprint density at radius 1 is 1.64 bits per heavy atom. The highest BCUT2D eigenvalue weighted by Crippen LogP contribution is 2.14. The Bertz CT molecular complexity index is 222. The molecule has 0 aromatic heterocycles. The lowest BCUT2D eigenvalue weighted by Crippen LogP contribution is -2.21. The number of carbonyl (C=O) groups excluding carboxylic acids is 3. The molecule has 1 fully saturated rings. The minimum Gasteiger partial charge on any atom is -0.299 e. The summed E-state index contributed by atoms with van der Waals surface area (Å²) >= 11 is 0. The lowest BCUT2D eigenvalue weighted by atomic mass is 10.0. The van der Waals surface area contributed by atoms with E-state index in [1.807, 2.05) is 0 Å². The number of hydrogen-bond donors (Lipinski definition) is 0. The lowest BCUT2D eigenvalue weighted by molar-refractivity contribution is -0.131. The van der Waals surface area contributed by atoms with Gasteiger partial charge in [0.15, 0.2) is 0 Å². The first-order chi connectivity index (χ1) is 5.15. The van der Waals surface area contributed by atoms with Gasteiger partial charge in [0.1, 0.15) is 11.7 Å². The maximum atomic E-state index is 10.9. The van der Waals surface area contributed by atoms with E-state index >= 15 is 0 Å². The van der Waals surface area contributed by atoms with Crippen molar-refractivity contribution in [3.63, 3.8) is 0 Å². The number of Topliss-reactive ketones (excluding diaryl/α,β-unsaturated/α-hetero) is 1. The summed E-state index contributed by atoms with van der Waals surface area (Å²) in [4.78, 5) is 32.3. The maximum absolute atomic E-state index is 10.9. The number of hydrogen-bond acceptors (Lipinski definition) is 3. The van der Waals surface area contributed by atoms with Gasteiger partial charge in [-0.1, -0.05) is 6.92 Å². The molecule has 4 heteroatoms. The van der Waals surface area contributed by atoms with E-state index in [0.29, 0.717) is 6.42 Å². The second-order valence-corrected chi connectivity index (χ2v) is 2.42. The first kappa shape index (κ1) is 7.91. The van der Waals surface area contributed by atoms with Crippen molar-refractivity contribution < 1.29 is 14.4 Å². The summed E-state index contributed by atoms with van der Waals surface area (Å²) < 4.78 is 0. The molecule has 1 aliphatic heterocycles. The summed E-state index contributed by atoms with van der Waals surface area (Å²) in [5.41, 5.74) is 0. The molecule has 59 valence electrons. The largest absolute Gasteiger partial charge is 0.299 e. The number of amides is 2. The molecule has 11 heavy (non-hydrogen) atoms. The number of nitrogens with zero attached hydrogens (tertiary/aromatic N) is 1. The van der Waals surface area contributed by atoms with E-state index in [1.54, 1.807) is 6.92 Å². The van der Waals surface area contributed by atoms with Gasteiger partial charge in [-0.05, 0) is 0 Å². The molecule has 2 amide bonds. The third-order valence-electron chi connectivity index (χ3n) is 1.65. The first-order valence-corrected chi connectivity index (χ1v) is 3.46. The van der Waals surface area contributed by atoms with E-state index < -0.39 is 17.7 Å². The predicted molar refractivity (Wildman–Crippen MR) is 35.6 cm³/mol. The molecule has 1 saturated heterocycles. The van der Waals surface area contributed by atoms with E-state index in [4.69, 9.17) is 0 Å². The van der Waals surface area contributed by atoms with Crippen molar-refractivity contribution in [1.29, 1.82) is 0 Å². The summed E-state index contributed by atoms with van der Waals surface area (Å²) in [7, 11) is 0. The highest BCUT2D eigenvalue weighted by molar-refractivity contribution is 6.13. The van der Waals surface area contributed by atoms with Crippen LogP contribution in [0, 0.1) is 5.92 Å². The van der Waals surface area contributed by atoms with Crippen LogP contribution in [0.5, 0.6) is 0 Å². The van der Waals surface area contributed by atoms with Crippen molar-refractivity contribution in [2.75, 3.05) is 0 Å². The Morgan fingerprint density at radius 2 is 2.27 bits per heavy atom. The summed E-state index contributed by atoms with van der Waals surface area (Å²) in [6.45, 7) is 1.67. The van der Waals surface area contributed by atoms with Crippen LogP contribution in [0.4, 0.5) is 0 Å². The Hall–Kier alpha value is -1.19. The van der Waals surface area contributed by atoms with E-state index in [1.165, 1.54) is 0 Å². The zero-order valence-corrected chi connectivity index (χ0v) is 6.16. The van der Waals surface area contributed by atoms with Crippen molar-refractivity contribution in [2.24, 2.45) is 5.92 Å². The van der Waals surface area contributed by atoms with Gasteiger partial charge in [0.2, 0.25) is 5.91 Å². The van der Waals surface area contributed by atoms with Gasteiger partial charge in [-0.3, -0.25) is 14.4 Å². The highest BCUT2D eigenvalue weighted by Gasteiger charge is 2.36. The lowest BCUT2D eigenvalue weighted by Gasteiger charge is -1.98. The molecule has 0 spiro atoms. The van der Waals surface area contributed by atoms with Gasteiger partial charge in [0.05, 0.1) is 0 Å². The van der Waals surface area contributed by atoms with Crippen LogP contribution in [0.25, 0.3) is 0 Å². The van der Waals surface area contributed by atoms with E-state index in [0.717, 1.165) is 0 Å². The molecule has 0 bridgehead atoms. The number of ketones is 1. The third-order valence-corrected chi connectivity index (χ3v) is 1.65. The van der Waals surface area contributed by atoms with Gasteiger partial charge < -0.3 is 0 Å². The third kappa shape index (κ3) is 1.45. The van der Waals surface area contributed by atoms with E-state index in [9.17, 15) is 14.4 Å². The van der Waals surface area contributed by atoms with Crippen molar-refractivity contribution >= 4 is 17.6 Å². The number of rotatable bonds is 2. The molecular weight excluding hydrogens is 146 g/mol. The molecule has 4 nitrogen and oxygen atoms in total. The Labute approximate surface area is 64.0 Å². The molecule has 1 rings (SSSR count). The molecule has 0 N–H and O–H groups in total. The van der Waals surface area contributed by atoms with Crippen molar-refractivity contribution in [2.45, 2.75) is 19.8 Å². The Balaban J connectivity index is 2.67. The second kappa shape index (κ2) is 2.82. The van der Waals surface area contributed by atoms with Crippen LogP contribution in [0.1, 0.15) is 19.8 Å². The van der Waals surface area contributed by atoms with E-state index in [2.05, 4.69) is 5.32 Å². The molecule has 1 radical (unpaired) electrons. The summed E-state index contributed by atoms with van der Waals surface area (Å²) in [6, 6.07) is 0. The maximum Gasteiger partial charge on any atom is 0.259 e. The van der Waals surface area contributed by atoms with Crippen molar-refractivity contribution in [1.82, 2.24) is 5.32 Å². The minimum atomic E-state index is -0.771. The van der Waals surface area contributed by atoms with Crippen LogP contribution in [0.15, 0.2) is 0 Å². The van der Waals surface area contributed by atoms with Gasteiger partial charge in [0.25, 0.3) is 5.91 Å². The average Bonchev–Trinajstić information content (AvgIpc) is 2.28. The quantitative estimate of drug-likeness (QED) is 0.403. The van der Waals surface area contributed by atoms with Crippen LogP contribution in [0.2, 0.25) is 0 Å². The summed E-state index contributed by atoms with van der Waals surface area (Å²) in [6.07, 6.45) is 0.269. The van der Waals surface area contributed by atoms with Crippen LogP contribution in [0.3, 0.4) is 0 Å². The normalized spacial score (nSPS) is 23.5. The first-order valence-electron chi connectivity index (χ1n) is 3.46. The Kier molecular flexibility index (Phi) is 2.03. The van der Waals surface area contributed by atoms with E-state index in [-0.39, 0.29) is 12.2 Å². The highest BCUT2D eigenvalue weighted by atomic mass is 16.2. The molecule has 1 heterocycles. The fourth-order valence-corrected chi connectivity index (χ4v) is 1.01. The molecule has 1 unspecified atom stereocenters. The van der Waals surface area contributed by atoms with Crippen LogP contribution in [-0.2, 0) is 14.4 Å². The number of carbonyl (C=O) groups is 3. The molecule has 1 atom stereocenters. The molecule has 0 saturated carbocycles. The topological polar surface area (TPSA) is 65.3 Å². The van der Waals surface area contributed by atoms with Gasteiger partial charge in [0, 0.05) is 12.8 Å². The predicted octanol–water partition coefficient (Wildman–Crippen LogP) is -0.357. The molecule has 0 aliphatic carbocycles. The minimum absolute atomic E-state index is 0.0223.